The normalized spacial score (nSPS) is 10.1. The number of hydrogen-bond donors (Lipinski definition) is 0. The summed E-state index contributed by atoms with van der Waals surface area (Å²) in [5.41, 5.74) is 3.00. The summed E-state index contributed by atoms with van der Waals surface area (Å²) in [5, 5.41) is 0. The van der Waals surface area contributed by atoms with Gasteiger partial charge >= 0.3 is 5.97 Å². The predicted octanol–water partition coefficient (Wildman–Crippen LogP) is 2.11. The Morgan fingerprint density at radius 2 is 2.12 bits per heavy atom. The maximum atomic E-state index is 11.0. The summed E-state index contributed by atoms with van der Waals surface area (Å²) in [5.74, 6) is 1.67. The second-order valence-electron chi connectivity index (χ2n) is 3.62. The molecule has 4 nitrogen and oxygen atoms in total. The van der Waals surface area contributed by atoms with Crippen molar-refractivity contribution in [3.63, 3.8) is 0 Å². The van der Waals surface area contributed by atoms with Crippen molar-refractivity contribution >= 4 is 17.7 Å². The van der Waals surface area contributed by atoms with E-state index < -0.39 is 0 Å². The van der Waals surface area contributed by atoms with Crippen molar-refractivity contribution in [1.29, 1.82) is 0 Å². The Labute approximate surface area is 106 Å². The standard InChI is InChI=1S/C12H17NO3S/c1-8-5-13-10(9(2)12(8)16-4)6-17-7-11(14)15-3/h5H,6-7H2,1-4H3. The van der Waals surface area contributed by atoms with Crippen LogP contribution in [0.25, 0.3) is 0 Å². The molecule has 5 heteroatoms. The van der Waals surface area contributed by atoms with Crippen LogP contribution in [-0.4, -0.2) is 30.9 Å². The highest BCUT2D eigenvalue weighted by Gasteiger charge is 2.10. The van der Waals surface area contributed by atoms with Crippen LogP contribution >= 0.6 is 11.8 Å². The van der Waals surface area contributed by atoms with Crippen molar-refractivity contribution in [2.75, 3.05) is 20.0 Å². The van der Waals surface area contributed by atoms with Crippen molar-refractivity contribution in [2.24, 2.45) is 0 Å². The van der Waals surface area contributed by atoms with E-state index >= 15 is 0 Å². The fraction of sp³-hybridized carbons (Fsp3) is 0.500. The SMILES string of the molecule is COC(=O)CSCc1ncc(C)c(OC)c1C. The van der Waals surface area contributed by atoms with Crippen LogP contribution in [0.4, 0.5) is 0 Å². The van der Waals surface area contributed by atoms with E-state index in [1.807, 2.05) is 13.8 Å². The van der Waals surface area contributed by atoms with Gasteiger partial charge in [0.15, 0.2) is 0 Å². The average molecular weight is 255 g/mol. The number of methoxy groups -OCH3 is 2. The minimum Gasteiger partial charge on any atom is -0.496 e. The van der Waals surface area contributed by atoms with E-state index in [0.29, 0.717) is 11.5 Å². The van der Waals surface area contributed by atoms with Gasteiger partial charge in [-0.1, -0.05) is 0 Å². The van der Waals surface area contributed by atoms with Crippen molar-refractivity contribution in [3.8, 4) is 5.75 Å². The molecule has 0 atom stereocenters. The van der Waals surface area contributed by atoms with Gasteiger partial charge in [-0.2, -0.15) is 0 Å². The summed E-state index contributed by atoms with van der Waals surface area (Å²) < 4.78 is 9.90. The Bertz CT molecular complexity index is 407. The van der Waals surface area contributed by atoms with Crippen molar-refractivity contribution in [3.05, 3.63) is 23.0 Å². The fourth-order valence-corrected chi connectivity index (χ4v) is 2.38. The third-order valence-corrected chi connectivity index (χ3v) is 3.35. The molecule has 0 saturated carbocycles. The molecular weight excluding hydrogens is 238 g/mol. The summed E-state index contributed by atoms with van der Waals surface area (Å²) in [4.78, 5) is 15.3. The number of aryl methyl sites for hydroxylation is 1. The first-order valence-electron chi connectivity index (χ1n) is 5.23. The highest BCUT2D eigenvalue weighted by molar-refractivity contribution is 7.99. The number of pyridine rings is 1. The van der Waals surface area contributed by atoms with Crippen LogP contribution < -0.4 is 4.74 Å². The number of ether oxygens (including phenoxy) is 2. The van der Waals surface area contributed by atoms with Crippen LogP contribution in [0.2, 0.25) is 0 Å². The molecule has 0 bridgehead atoms. The van der Waals surface area contributed by atoms with Gasteiger partial charge in [0.2, 0.25) is 0 Å². The number of esters is 1. The van der Waals surface area contributed by atoms with Crippen LogP contribution in [0.5, 0.6) is 5.75 Å². The minimum atomic E-state index is -0.216. The topological polar surface area (TPSA) is 48.4 Å². The fourth-order valence-electron chi connectivity index (χ4n) is 1.51. The molecule has 0 aliphatic rings. The number of thioether (sulfide) groups is 1. The van der Waals surface area contributed by atoms with E-state index in [1.54, 1.807) is 13.3 Å². The van der Waals surface area contributed by atoms with Gasteiger partial charge in [0.05, 0.1) is 25.7 Å². The quantitative estimate of drug-likeness (QED) is 0.754. The maximum absolute atomic E-state index is 11.0. The molecule has 1 rings (SSSR count). The molecule has 1 heterocycles. The zero-order valence-corrected chi connectivity index (χ0v) is 11.4. The van der Waals surface area contributed by atoms with Crippen LogP contribution in [0.3, 0.4) is 0 Å². The molecule has 0 unspecified atom stereocenters. The minimum absolute atomic E-state index is 0.216. The second kappa shape index (κ2) is 6.49. The molecule has 1 aromatic heterocycles. The Morgan fingerprint density at radius 1 is 1.41 bits per heavy atom. The Hall–Kier alpha value is -1.23. The van der Waals surface area contributed by atoms with E-state index in [1.165, 1.54) is 18.9 Å². The van der Waals surface area contributed by atoms with Gasteiger partial charge in [0.1, 0.15) is 5.75 Å². The molecule has 1 aromatic rings. The molecule has 0 radical (unpaired) electrons. The summed E-state index contributed by atoms with van der Waals surface area (Å²) >= 11 is 1.49. The van der Waals surface area contributed by atoms with E-state index in [-0.39, 0.29) is 5.97 Å². The van der Waals surface area contributed by atoms with Gasteiger partial charge in [-0.15, -0.1) is 11.8 Å². The lowest BCUT2D eigenvalue weighted by atomic mass is 10.1. The predicted molar refractivity (Wildman–Crippen MR) is 68.4 cm³/mol. The van der Waals surface area contributed by atoms with Crippen LogP contribution in [0.1, 0.15) is 16.8 Å². The number of hydrogen-bond acceptors (Lipinski definition) is 5. The zero-order chi connectivity index (χ0) is 12.8. The molecule has 0 saturated heterocycles. The second-order valence-corrected chi connectivity index (χ2v) is 4.60. The third kappa shape index (κ3) is 3.63. The molecule has 0 spiro atoms. The molecule has 17 heavy (non-hydrogen) atoms. The summed E-state index contributed by atoms with van der Waals surface area (Å²) in [6, 6.07) is 0. The van der Waals surface area contributed by atoms with E-state index in [4.69, 9.17) is 4.74 Å². The van der Waals surface area contributed by atoms with Gasteiger partial charge in [-0.05, 0) is 13.8 Å². The number of carbonyl (C=O) groups is 1. The highest BCUT2D eigenvalue weighted by atomic mass is 32.2. The lowest BCUT2D eigenvalue weighted by molar-refractivity contribution is -0.137. The van der Waals surface area contributed by atoms with Gasteiger partial charge < -0.3 is 9.47 Å². The van der Waals surface area contributed by atoms with Gasteiger partial charge in [0.25, 0.3) is 0 Å². The first-order chi connectivity index (χ1) is 8.10. The first kappa shape index (κ1) is 13.8. The van der Waals surface area contributed by atoms with Crippen LogP contribution in [0.15, 0.2) is 6.20 Å². The molecule has 94 valence electrons. The Morgan fingerprint density at radius 3 is 2.71 bits per heavy atom. The molecule has 0 aliphatic heterocycles. The van der Waals surface area contributed by atoms with E-state index in [0.717, 1.165) is 22.6 Å². The van der Waals surface area contributed by atoms with Gasteiger partial charge in [-0.25, -0.2) is 0 Å². The smallest absolute Gasteiger partial charge is 0.315 e. The summed E-state index contributed by atoms with van der Waals surface area (Å²) in [7, 11) is 3.04. The van der Waals surface area contributed by atoms with Crippen molar-refractivity contribution < 1.29 is 14.3 Å². The highest BCUT2D eigenvalue weighted by Crippen LogP contribution is 2.26. The van der Waals surface area contributed by atoms with E-state index in [9.17, 15) is 4.79 Å². The molecular formula is C12H17NO3S. The zero-order valence-electron chi connectivity index (χ0n) is 10.6. The monoisotopic (exact) mass is 255 g/mol. The lowest BCUT2D eigenvalue weighted by Crippen LogP contribution is -2.04. The summed E-state index contributed by atoms with van der Waals surface area (Å²) in [6.07, 6.45) is 1.79. The van der Waals surface area contributed by atoms with Crippen LogP contribution in [-0.2, 0) is 15.3 Å². The Balaban J connectivity index is 2.69. The average Bonchev–Trinajstić information content (AvgIpc) is 2.32. The largest absolute Gasteiger partial charge is 0.496 e. The van der Waals surface area contributed by atoms with Crippen LogP contribution in [0, 0.1) is 13.8 Å². The molecule has 0 aliphatic carbocycles. The van der Waals surface area contributed by atoms with Crippen molar-refractivity contribution in [2.45, 2.75) is 19.6 Å². The molecule has 0 amide bonds. The lowest BCUT2D eigenvalue weighted by Gasteiger charge is -2.11. The Kier molecular flexibility index (Phi) is 5.28. The molecule has 0 N–H and O–H groups in total. The number of rotatable bonds is 5. The number of nitrogens with zero attached hydrogens (tertiary/aromatic N) is 1. The molecule has 0 aromatic carbocycles. The van der Waals surface area contributed by atoms with Crippen molar-refractivity contribution in [1.82, 2.24) is 4.98 Å². The first-order valence-corrected chi connectivity index (χ1v) is 6.39. The maximum Gasteiger partial charge on any atom is 0.315 e. The number of aromatic nitrogens is 1. The van der Waals surface area contributed by atoms with Gasteiger partial charge in [0, 0.05) is 23.1 Å². The summed E-state index contributed by atoms with van der Waals surface area (Å²) in [6.45, 7) is 3.94. The third-order valence-electron chi connectivity index (χ3n) is 2.44. The van der Waals surface area contributed by atoms with Gasteiger partial charge in [-0.3, -0.25) is 9.78 Å². The van der Waals surface area contributed by atoms with E-state index in [2.05, 4.69) is 9.72 Å². The number of carbonyl (C=O) groups excluding carboxylic acids is 1. The molecule has 0 fully saturated rings.